The SMILES string of the molecule is Cc1cccc(C(=O)c2cn(C)c3cc(C)ccc23)c1. The van der Waals surface area contributed by atoms with Gasteiger partial charge in [-0.1, -0.05) is 35.9 Å². The lowest BCUT2D eigenvalue weighted by molar-refractivity contribution is 0.104. The highest BCUT2D eigenvalue weighted by atomic mass is 16.1. The molecule has 0 bridgehead atoms. The molecule has 0 fully saturated rings. The average molecular weight is 263 g/mol. The van der Waals surface area contributed by atoms with Crippen molar-refractivity contribution in [3.63, 3.8) is 0 Å². The average Bonchev–Trinajstić information content (AvgIpc) is 2.75. The number of benzene rings is 2. The second kappa shape index (κ2) is 4.64. The molecular weight excluding hydrogens is 246 g/mol. The first-order valence-corrected chi connectivity index (χ1v) is 6.73. The summed E-state index contributed by atoms with van der Waals surface area (Å²) in [6.07, 6.45) is 1.93. The molecule has 0 aliphatic carbocycles. The van der Waals surface area contributed by atoms with E-state index in [4.69, 9.17) is 0 Å². The minimum absolute atomic E-state index is 0.0863. The van der Waals surface area contributed by atoms with E-state index >= 15 is 0 Å². The maximum Gasteiger partial charge on any atom is 0.195 e. The van der Waals surface area contributed by atoms with Crippen LogP contribution in [0.3, 0.4) is 0 Å². The van der Waals surface area contributed by atoms with Gasteiger partial charge in [0.15, 0.2) is 5.78 Å². The Kier molecular flexibility index (Phi) is 2.94. The van der Waals surface area contributed by atoms with Crippen molar-refractivity contribution in [2.45, 2.75) is 13.8 Å². The van der Waals surface area contributed by atoms with E-state index in [1.165, 1.54) is 5.56 Å². The summed E-state index contributed by atoms with van der Waals surface area (Å²) >= 11 is 0. The molecule has 0 saturated heterocycles. The van der Waals surface area contributed by atoms with Crippen LogP contribution in [0.25, 0.3) is 10.9 Å². The van der Waals surface area contributed by atoms with Crippen LogP contribution < -0.4 is 0 Å². The zero-order valence-corrected chi connectivity index (χ0v) is 12.0. The van der Waals surface area contributed by atoms with Crippen molar-refractivity contribution in [1.29, 1.82) is 0 Å². The van der Waals surface area contributed by atoms with Crippen LogP contribution in [-0.4, -0.2) is 10.4 Å². The van der Waals surface area contributed by atoms with Crippen LogP contribution in [0.5, 0.6) is 0 Å². The van der Waals surface area contributed by atoms with Crippen LogP contribution in [-0.2, 0) is 7.05 Å². The highest BCUT2D eigenvalue weighted by Crippen LogP contribution is 2.24. The van der Waals surface area contributed by atoms with Gasteiger partial charge >= 0.3 is 0 Å². The monoisotopic (exact) mass is 263 g/mol. The summed E-state index contributed by atoms with van der Waals surface area (Å²) in [4.78, 5) is 12.7. The predicted octanol–water partition coefficient (Wildman–Crippen LogP) is 4.03. The van der Waals surface area contributed by atoms with Gasteiger partial charge in [0.05, 0.1) is 0 Å². The standard InChI is InChI=1S/C18H17NO/c1-12-5-4-6-14(9-12)18(20)16-11-19(3)17-10-13(2)7-8-15(16)17/h4-11H,1-3H3. The van der Waals surface area contributed by atoms with E-state index in [1.807, 2.05) is 55.1 Å². The Labute approximate surface area is 118 Å². The van der Waals surface area contributed by atoms with Crippen molar-refractivity contribution in [2.75, 3.05) is 0 Å². The van der Waals surface area contributed by atoms with Gasteiger partial charge in [-0.2, -0.15) is 0 Å². The van der Waals surface area contributed by atoms with Crippen LogP contribution >= 0.6 is 0 Å². The van der Waals surface area contributed by atoms with Crippen molar-refractivity contribution in [2.24, 2.45) is 7.05 Å². The molecule has 0 aliphatic heterocycles. The number of hydrogen-bond donors (Lipinski definition) is 0. The third-order valence-corrected chi connectivity index (χ3v) is 3.67. The third-order valence-electron chi connectivity index (χ3n) is 3.67. The fourth-order valence-corrected chi connectivity index (χ4v) is 2.62. The largest absolute Gasteiger partial charge is 0.350 e. The highest BCUT2D eigenvalue weighted by molar-refractivity contribution is 6.16. The summed E-state index contributed by atoms with van der Waals surface area (Å²) < 4.78 is 2.02. The third kappa shape index (κ3) is 2.03. The molecule has 0 radical (unpaired) electrons. The van der Waals surface area contributed by atoms with Gasteiger partial charge in [0, 0.05) is 35.3 Å². The number of hydrogen-bond acceptors (Lipinski definition) is 1. The Bertz CT molecular complexity index is 811. The van der Waals surface area contributed by atoms with Crippen LogP contribution in [0.1, 0.15) is 27.0 Å². The first-order chi connectivity index (χ1) is 9.56. The summed E-state index contributed by atoms with van der Waals surface area (Å²) in [5, 5.41) is 1.02. The van der Waals surface area contributed by atoms with E-state index in [0.29, 0.717) is 0 Å². The Morgan fingerprint density at radius 2 is 1.75 bits per heavy atom. The smallest absolute Gasteiger partial charge is 0.195 e. The molecule has 1 heterocycles. The first-order valence-electron chi connectivity index (χ1n) is 6.73. The maximum atomic E-state index is 12.7. The molecule has 100 valence electrons. The van der Waals surface area contributed by atoms with E-state index in [1.54, 1.807) is 0 Å². The second-order valence-electron chi connectivity index (χ2n) is 5.37. The molecule has 0 spiro atoms. The predicted molar refractivity (Wildman–Crippen MR) is 82.3 cm³/mol. The molecule has 3 rings (SSSR count). The second-order valence-corrected chi connectivity index (χ2v) is 5.37. The van der Waals surface area contributed by atoms with Crippen LogP contribution in [0.2, 0.25) is 0 Å². The summed E-state index contributed by atoms with van der Waals surface area (Å²) in [6.45, 7) is 4.07. The zero-order valence-electron chi connectivity index (χ0n) is 12.0. The lowest BCUT2D eigenvalue weighted by Gasteiger charge is -2.01. The van der Waals surface area contributed by atoms with E-state index in [0.717, 1.165) is 27.6 Å². The maximum absolute atomic E-state index is 12.7. The van der Waals surface area contributed by atoms with Gasteiger partial charge in [-0.15, -0.1) is 0 Å². The summed E-state index contributed by atoms with van der Waals surface area (Å²) in [6, 6.07) is 13.9. The number of aryl methyl sites for hydroxylation is 3. The zero-order chi connectivity index (χ0) is 14.3. The molecule has 3 aromatic rings. The lowest BCUT2D eigenvalue weighted by Crippen LogP contribution is -2.00. The van der Waals surface area contributed by atoms with Crippen LogP contribution in [0.15, 0.2) is 48.7 Å². The topological polar surface area (TPSA) is 22.0 Å². The van der Waals surface area contributed by atoms with Crippen LogP contribution in [0.4, 0.5) is 0 Å². The van der Waals surface area contributed by atoms with Crippen molar-refractivity contribution < 1.29 is 4.79 Å². The minimum atomic E-state index is 0.0863. The molecule has 0 atom stereocenters. The molecular formula is C18H17NO. The minimum Gasteiger partial charge on any atom is -0.350 e. The van der Waals surface area contributed by atoms with E-state index in [2.05, 4.69) is 19.1 Å². The number of rotatable bonds is 2. The van der Waals surface area contributed by atoms with E-state index in [-0.39, 0.29) is 5.78 Å². The lowest BCUT2D eigenvalue weighted by atomic mass is 10.0. The van der Waals surface area contributed by atoms with Crippen LogP contribution in [0, 0.1) is 13.8 Å². The van der Waals surface area contributed by atoms with Crippen molar-refractivity contribution in [3.8, 4) is 0 Å². The Morgan fingerprint density at radius 1 is 1.00 bits per heavy atom. The van der Waals surface area contributed by atoms with Gasteiger partial charge in [0.1, 0.15) is 0 Å². The Balaban J connectivity index is 2.17. The van der Waals surface area contributed by atoms with Crippen molar-refractivity contribution in [3.05, 3.63) is 70.9 Å². The number of fused-ring (bicyclic) bond motifs is 1. The summed E-state index contributed by atoms with van der Waals surface area (Å²) in [5.41, 5.74) is 4.92. The van der Waals surface area contributed by atoms with Gasteiger partial charge in [0.2, 0.25) is 0 Å². The number of carbonyl (C=O) groups excluding carboxylic acids is 1. The molecule has 0 N–H and O–H groups in total. The molecule has 0 saturated carbocycles. The van der Waals surface area contributed by atoms with Gasteiger partial charge in [-0.25, -0.2) is 0 Å². The number of carbonyl (C=O) groups is 1. The summed E-state index contributed by atoms with van der Waals surface area (Å²) in [7, 11) is 1.98. The van der Waals surface area contributed by atoms with Gasteiger partial charge in [-0.3, -0.25) is 4.79 Å². The fraction of sp³-hybridized carbons (Fsp3) is 0.167. The number of nitrogens with zero attached hydrogens (tertiary/aromatic N) is 1. The van der Waals surface area contributed by atoms with Gasteiger partial charge in [0.25, 0.3) is 0 Å². The number of ketones is 1. The van der Waals surface area contributed by atoms with Gasteiger partial charge in [-0.05, 0) is 31.5 Å². The molecule has 0 aliphatic rings. The van der Waals surface area contributed by atoms with Crippen molar-refractivity contribution in [1.82, 2.24) is 4.57 Å². The molecule has 1 aromatic heterocycles. The van der Waals surface area contributed by atoms with E-state index in [9.17, 15) is 4.79 Å². The van der Waals surface area contributed by atoms with Gasteiger partial charge < -0.3 is 4.57 Å². The molecule has 2 aromatic carbocycles. The summed E-state index contributed by atoms with van der Waals surface area (Å²) in [5.74, 6) is 0.0863. The Hall–Kier alpha value is -2.35. The fourth-order valence-electron chi connectivity index (χ4n) is 2.62. The van der Waals surface area contributed by atoms with Crippen molar-refractivity contribution >= 4 is 16.7 Å². The number of aromatic nitrogens is 1. The quantitative estimate of drug-likeness (QED) is 0.640. The molecule has 20 heavy (non-hydrogen) atoms. The highest BCUT2D eigenvalue weighted by Gasteiger charge is 2.15. The molecule has 0 amide bonds. The molecule has 0 unspecified atom stereocenters. The Morgan fingerprint density at radius 3 is 2.50 bits per heavy atom. The normalized spacial score (nSPS) is 10.9. The molecule has 2 heteroatoms. The first kappa shape index (κ1) is 12.7. The molecule has 2 nitrogen and oxygen atoms in total. The van der Waals surface area contributed by atoms with E-state index < -0.39 is 0 Å².